The van der Waals surface area contributed by atoms with Gasteiger partial charge in [0.15, 0.2) is 0 Å². The van der Waals surface area contributed by atoms with Crippen molar-refractivity contribution < 1.29 is 9.53 Å². The van der Waals surface area contributed by atoms with Gasteiger partial charge in [-0.15, -0.1) is 0 Å². The van der Waals surface area contributed by atoms with Gasteiger partial charge in [-0.25, -0.2) is 4.79 Å². The Bertz CT molecular complexity index is 443. The highest BCUT2D eigenvalue weighted by molar-refractivity contribution is 9.10. The third kappa shape index (κ3) is 3.52. The Hall–Kier alpha value is -1.60. The smallest absolute Gasteiger partial charge is 0.334 e. The van der Waals surface area contributed by atoms with E-state index in [1.54, 1.807) is 6.08 Å². The molecule has 0 fully saturated rings. The van der Waals surface area contributed by atoms with Gasteiger partial charge < -0.3 is 4.74 Å². The molecule has 0 N–H and O–H groups in total. The van der Waals surface area contributed by atoms with Gasteiger partial charge >= 0.3 is 5.97 Å². The standard InChI is InChI=1S/C12H10BrNO2/c1-16-12(15)10(6-7-14)8-9-2-4-11(13)5-3-9/h2-5,8H,6H2,1H3/b10-8-. The van der Waals surface area contributed by atoms with Gasteiger partial charge in [-0.3, -0.25) is 0 Å². The molecular weight excluding hydrogens is 270 g/mol. The zero-order valence-electron chi connectivity index (χ0n) is 8.74. The predicted octanol–water partition coefficient (Wildman–Crippen LogP) is 2.92. The van der Waals surface area contributed by atoms with Gasteiger partial charge in [-0.1, -0.05) is 28.1 Å². The van der Waals surface area contributed by atoms with Crippen LogP contribution in [0, 0.1) is 11.3 Å². The minimum atomic E-state index is -0.468. The van der Waals surface area contributed by atoms with Gasteiger partial charge in [0.05, 0.1) is 25.2 Å². The van der Waals surface area contributed by atoms with Crippen LogP contribution in [0.25, 0.3) is 6.08 Å². The lowest BCUT2D eigenvalue weighted by Gasteiger charge is -2.01. The van der Waals surface area contributed by atoms with Crippen LogP contribution >= 0.6 is 15.9 Å². The number of carbonyl (C=O) groups excluding carboxylic acids is 1. The second kappa shape index (κ2) is 6.09. The number of methoxy groups -OCH3 is 1. The van der Waals surface area contributed by atoms with Gasteiger partial charge in [-0.05, 0) is 23.8 Å². The lowest BCUT2D eigenvalue weighted by molar-refractivity contribution is -0.136. The fourth-order valence-electron chi connectivity index (χ4n) is 1.16. The number of nitriles is 1. The molecule has 4 heteroatoms. The van der Waals surface area contributed by atoms with Crippen molar-refractivity contribution in [3.05, 3.63) is 39.9 Å². The molecule has 1 aromatic carbocycles. The third-order valence-corrected chi connectivity index (χ3v) is 2.46. The first-order chi connectivity index (χ1) is 7.67. The highest BCUT2D eigenvalue weighted by Crippen LogP contribution is 2.15. The zero-order valence-corrected chi connectivity index (χ0v) is 10.3. The molecular formula is C12H10BrNO2. The van der Waals surface area contributed by atoms with Crippen LogP contribution in [0.5, 0.6) is 0 Å². The summed E-state index contributed by atoms with van der Waals surface area (Å²) in [4.78, 5) is 11.3. The molecule has 0 atom stereocenters. The van der Waals surface area contributed by atoms with Gasteiger partial charge in [-0.2, -0.15) is 5.26 Å². The summed E-state index contributed by atoms with van der Waals surface area (Å²) in [5.74, 6) is -0.468. The molecule has 0 radical (unpaired) electrons. The fraction of sp³-hybridized carbons (Fsp3) is 0.167. The average molecular weight is 280 g/mol. The van der Waals surface area contributed by atoms with Crippen molar-refractivity contribution in [2.24, 2.45) is 0 Å². The molecule has 0 heterocycles. The molecule has 0 saturated heterocycles. The maximum Gasteiger partial charge on any atom is 0.334 e. The number of esters is 1. The predicted molar refractivity (Wildman–Crippen MR) is 64.4 cm³/mol. The maximum absolute atomic E-state index is 11.3. The van der Waals surface area contributed by atoms with E-state index >= 15 is 0 Å². The molecule has 0 aliphatic rings. The van der Waals surface area contributed by atoms with Crippen molar-refractivity contribution in [2.75, 3.05) is 7.11 Å². The maximum atomic E-state index is 11.3. The monoisotopic (exact) mass is 279 g/mol. The van der Waals surface area contributed by atoms with Crippen LogP contribution in [0.1, 0.15) is 12.0 Å². The molecule has 0 aromatic heterocycles. The van der Waals surface area contributed by atoms with E-state index in [4.69, 9.17) is 5.26 Å². The molecule has 0 unspecified atom stereocenters. The molecule has 16 heavy (non-hydrogen) atoms. The van der Waals surface area contributed by atoms with E-state index in [-0.39, 0.29) is 6.42 Å². The van der Waals surface area contributed by atoms with Crippen molar-refractivity contribution in [3.63, 3.8) is 0 Å². The number of nitrogens with zero attached hydrogens (tertiary/aromatic N) is 1. The Kier molecular flexibility index (Phi) is 4.74. The lowest BCUT2D eigenvalue weighted by Crippen LogP contribution is -2.03. The van der Waals surface area contributed by atoms with E-state index in [9.17, 15) is 4.79 Å². The van der Waals surface area contributed by atoms with E-state index in [1.165, 1.54) is 7.11 Å². The molecule has 0 aliphatic carbocycles. The summed E-state index contributed by atoms with van der Waals surface area (Å²) >= 11 is 3.32. The van der Waals surface area contributed by atoms with Crippen molar-refractivity contribution >= 4 is 28.0 Å². The minimum Gasteiger partial charge on any atom is -0.466 e. The summed E-state index contributed by atoms with van der Waals surface area (Å²) in [5, 5.41) is 8.60. The first-order valence-electron chi connectivity index (χ1n) is 4.58. The van der Waals surface area contributed by atoms with Crippen LogP contribution in [-0.2, 0) is 9.53 Å². The fourth-order valence-corrected chi connectivity index (χ4v) is 1.42. The molecule has 3 nitrogen and oxygen atoms in total. The number of rotatable bonds is 3. The Morgan fingerprint density at radius 3 is 2.62 bits per heavy atom. The molecule has 1 rings (SSSR count). The van der Waals surface area contributed by atoms with Crippen molar-refractivity contribution in [2.45, 2.75) is 6.42 Å². The Morgan fingerprint density at radius 2 is 2.12 bits per heavy atom. The van der Waals surface area contributed by atoms with Crippen LogP contribution in [0.4, 0.5) is 0 Å². The molecule has 1 aromatic rings. The Morgan fingerprint density at radius 1 is 1.50 bits per heavy atom. The Balaban J connectivity index is 2.98. The van der Waals surface area contributed by atoms with Crippen LogP contribution in [0.2, 0.25) is 0 Å². The van der Waals surface area contributed by atoms with Gasteiger partial charge in [0.1, 0.15) is 0 Å². The van der Waals surface area contributed by atoms with E-state index in [0.717, 1.165) is 10.0 Å². The number of hydrogen-bond acceptors (Lipinski definition) is 3. The first-order valence-corrected chi connectivity index (χ1v) is 5.38. The SMILES string of the molecule is COC(=O)/C(=C\c1ccc(Br)cc1)CC#N. The topological polar surface area (TPSA) is 50.1 Å². The van der Waals surface area contributed by atoms with Crippen molar-refractivity contribution in [1.29, 1.82) is 5.26 Å². The highest BCUT2D eigenvalue weighted by atomic mass is 79.9. The molecule has 0 spiro atoms. The molecule has 82 valence electrons. The average Bonchev–Trinajstić information content (AvgIpc) is 2.30. The number of benzene rings is 1. The van der Waals surface area contributed by atoms with Crippen molar-refractivity contribution in [3.8, 4) is 6.07 Å². The number of hydrogen-bond donors (Lipinski definition) is 0. The minimum absolute atomic E-state index is 0.0444. The van der Waals surface area contributed by atoms with Crippen LogP contribution in [-0.4, -0.2) is 13.1 Å². The first kappa shape index (κ1) is 12.5. The third-order valence-electron chi connectivity index (χ3n) is 1.93. The summed E-state index contributed by atoms with van der Waals surface area (Å²) in [7, 11) is 1.30. The Labute approximate surface area is 102 Å². The second-order valence-corrected chi connectivity index (χ2v) is 3.96. The van der Waals surface area contributed by atoms with E-state index in [0.29, 0.717) is 5.57 Å². The van der Waals surface area contributed by atoms with E-state index < -0.39 is 5.97 Å². The van der Waals surface area contributed by atoms with Crippen LogP contribution < -0.4 is 0 Å². The molecule has 0 aliphatic heterocycles. The summed E-state index contributed by atoms with van der Waals surface area (Å²) in [5.41, 5.74) is 1.21. The normalized spacial score (nSPS) is 10.7. The quantitative estimate of drug-likeness (QED) is 0.631. The second-order valence-electron chi connectivity index (χ2n) is 3.05. The highest BCUT2D eigenvalue weighted by Gasteiger charge is 2.08. The van der Waals surface area contributed by atoms with Crippen LogP contribution in [0.3, 0.4) is 0 Å². The van der Waals surface area contributed by atoms with Gasteiger partial charge in [0.2, 0.25) is 0 Å². The van der Waals surface area contributed by atoms with Crippen molar-refractivity contribution in [1.82, 2.24) is 0 Å². The molecule has 0 bridgehead atoms. The number of halogens is 1. The van der Waals surface area contributed by atoms with Crippen LogP contribution in [0.15, 0.2) is 34.3 Å². The largest absolute Gasteiger partial charge is 0.466 e. The molecule has 0 amide bonds. The lowest BCUT2D eigenvalue weighted by atomic mass is 10.1. The summed E-state index contributed by atoms with van der Waals surface area (Å²) in [6.45, 7) is 0. The van der Waals surface area contributed by atoms with Gasteiger partial charge in [0.25, 0.3) is 0 Å². The summed E-state index contributed by atoms with van der Waals surface area (Å²) < 4.78 is 5.56. The van der Waals surface area contributed by atoms with E-state index in [2.05, 4.69) is 20.7 Å². The molecule has 0 saturated carbocycles. The number of carbonyl (C=O) groups is 1. The zero-order chi connectivity index (χ0) is 12.0. The summed E-state index contributed by atoms with van der Waals surface area (Å²) in [6, 6.07) is 9.38. The van der Waals surface area contributed by atoms with Gasteiger partial charge in [0, 0.05) is 4.47 Å². The number of ether oxygens (including phenoxy) is 1. The van der Waals surface area contributed by atoms with E-state index in [1.807, 2.05) is 30.3 Å². The summed E-state index contributed by atoms with van der Waals surface area (Å²) in [6.07, 6.45) is 1.70.